The highest BCUT2D eigenvalue weighted by atomic mass is 16.3. The van der Waals surface area contributed by atoms with Crippen molar-refractivity contribution in [2.45, 2.75) is 25.3 Å². The Morgan fingerprint density at radius 2 is 1.60 bits per heavy atom. The molecule has 1 aliphatic rings. The first-order chi connectivity index (χ1) is 9.83. The molecule has 0 heterocycles. The molecule has 0 bridgehead atoms. The third-order valence-corrected chi connectivity index (χ3v) is 4.19. The molecule has 1 atom stereocenters. The first-order valence-corrected chi connectivity index (χ1v) is 7.40. The van der Waals surface area contributed by atoms with E-state index in [1.54, 1.807) is 12.1 Å². The topological polar surface area (TPSA) is 32.3 Å². The third kappa shape index (κ3) is 3.02. The van der Waals surface area contributed by atoms with Gasteiger partial charge in [0.25, 0.3) is 0 Å². The van der Waals surface area contributed by atoms with Crippen LogP contribution in [0.4, 0.5) is 0 Å². The zero-order valence-corrected chi connectivity index (χ0v) is 11.6. The maximum absolute atomic E-state index is 9.45. The van der Waals surface area contributed by atoms with Gasteiger partial charge in [-0.3, -0.25) is 0 Å². The summed E-state index contributed by atoms with van der Waals surface area (Å²) in [5.41, 5.74) is 2.48. The van der Waals surface area contributed by atoms with Crippen LogP contribution in [-0.2, 0) is 0 Å². The maximum atomic E-state index is 9.45. The monoisotopic (exact) mass is 267 g/mol. The van der Waals surface area contributed by atoms with Crippen molar-refractivity contribution in [3.05, 3.63) is 65.7 Å². The standard InChI is InChI=1S/C18H21NO/c20-17-11-9-16(10-12-17)18(15-7-2-1-3-8-15)19-13-14-5-4-6-14/h1-3,7-12,14,18-20H,4-6,13H2. The normalized spacial score (nSPS) is 16.6. The first kappa shape index (κ1) is 13.2. The molecule has 2 N–H and O–H groups in total. The lowest BCUT2D eigenvalue weighted by molar-refractivity contribution is 0.295. The summed E-state index contributed by atoms with van der Waals surface area (Å²) in [5, 5.41) is 13.1. The Hall–Kier alpha value is -1.80. The molecule has 2 aromatic rings. The van der Waals surface area contributed by atoms with Crippen molar-refractivity contribution in [2.24, 2.45) is 5.92 Å². The van der Waals surface area contributed by atoms with Crippen molar-refractivity contribution in [3.63, 3.8) is 0 Å². The van der Waals surface area contributed by atoms with Crippen LogP contribution >= 0.6 is 0 Å². The molecule has 3 rings (SSSR count). The number of nitrogens with one attached hydrogen (secondary N) is 1. The van der Waals surface area contributed by atoms with Crippen molar-refractivity contribution in [1.82, 2.24) is 5.32 Å². The Labute approximate surface area is 120 Å². The minimum absolute atomic E-state index is 0.206. The zero-order chi connectivity index (χ0) is 13.8. The molecule has 20 heavy (non-hydrogen) atoms. The van der Waals surface area contributed by atoms with E-state index in [0.29, 0.717) is 5.75 Å². The summed E-state index contributed by atoms with van der Waals surface area (Å²) >= 11 is 0. The Morgan fingerprint density at radius 1 is 0.950 bits per heavy atom. The van der Waals surface area contributed by atoms with E-state index in [4.69, 9.17) is 0 Å². The molecule has 1 fully saturated rings. The van der Waals surface area contributed by atoms with Crippen LogP contribution in [0, 0.1) is 5.92 Å². The van der Waals surface area contributed by atoms with Crippen LogP contribution in [0.25, 0.3) is 0 Å². The van der Waals surface area contributed by atoms with Gasteiger partial charge >= 0.3 is 0 Å². The third-order valence-electron chi connectivity index (χ3n) is 4.19. The van der Waals surface area contributed by atoms with Crippen LogP contribution in [0.3, 0.4) is 0 Å². The highest BCUT2D eigenvalue weighted by molar-refractivity contribution is 5.34. The van der Waals surface area contributed by atoms with Gasteiger partial charge < -0.3 is 10.4 Å². The van der Waals surface area contributed by atoms with Gasteiger partial charge in [-0.1, -0.05) is 48.9 Å². The molecule has 1 unspecified atom stereocenters. The van der Waals surface area contributed by atoms with Gasteiger partial charge in [0.2, 0.25) is 0 Å². The molecular formula is C18H21NO. The van der Waals surface area contributed by atoms with E-state index in [-0.39, 0.29) is 6.04 Å². The van der Waals surface area contributed by atoms with E-state index in [0.717, 1.165) is 12.5 Å². The molecule has 0 aliphatic heterocycles. The second-order valence-electron chi connectivity index (χ2n) is 5.64. The van der Waals surface area contributed by atoms with Gasteiger partial charge in [0.05, 0.1) is 6.04 Å². The van der Waals surface area contributed by atoms with Crippen molar-refractivity contribution in [1.29, 1.82) is 0 Å². The van der Waals surface area contributed by atoms with Crippen LogP contribution in [0.1, 0.15) is 36.4 Å². The second-order valence-corrected chi connectivity index (χ2v) is 5.64. The molecule has 2 nitrogen and oxygen atoms in total. The molecule has 1 saturated carbocycles. The number of phenols is 1. The van der Waals surface area contributed by atoms with Gasteiger partial charge in [0, 0.05) is 0 Å². The summed E-state index contributed by atoms with van der Waals surface area (Å²) in [7, 11) is 0. The fraction of sp³-hybridized carbons (Fsp3) is 0.333. The van der Waals surface area contributed by atoms with Crippen molar-refractivity contribution >= 4 is 0 Å². The van der Waals surface area contributed by atoms with Crippen LogP contribution < -0.4 is 5.32 Å². The summed E-state index contributed by atoms with van der Waals surface area (Å²) < 4.78 is 0. The van der Waals surface area contributed by atoms with Gasteiger partial charge in [0.1, 0.15) is 5.75 Å². The van der Waals surface area contributed by atoms with E-state index in [1.165, 1.54) is 30.4 Å². The zero-order valence-electron chi connectivity index (χ0n) is 11.6. The molecule has 104 valence electrons. The van der Waals surface area contributed by atoms with Crippen molar-refractivity contribution in [2.75, 3.05) is 6.54 Å². The van der Waals surface area contributed by atoms with Gasteiger partial charge in [-0.05, 0) is 48.6 Å². The molecule has 0 amide bonds. The van der Waals surface area contributed by atoms with Gasteiger partial charge in [-0.15, -0.1) is 0 Å². The van der Waals surface area contributed by atoms with Crippen molar-refractivity contribution < 1.29 is 5.11 Å². The average Bonchev–Trinajstić information content (AvgIpc) is 2.44. The second kappa shape index (κ2) is 6.10. The van der Waals surface area contributed by atoms with Crippen LogP contribution in [0.15, 0.2) is 54.6 Å². The molecule has 0 saturated heterocycles. The SMILES string of the molecule is Oc1ccc(C(NCC2CCC2)c2ccccc2)cc1. The molecule has 2 heteroatoms. The molecule has 0 aromatic heterocycles. The summed E-state index contributed by atoms with van der Waals surface area (Å²) in [4.78, 5) is 0. The Balaban J connectivity index is 1.80. The number of rotatable bonds is 5. The molecule has 1 aliphatic carbocycles. The molecule has 0 spiro atoms. The van der Waals surface area contributed by atoms with E-state index >= 15 is 0 Å². The number of hydrogen-bond acceptors (Lipinski definition) is 2. The predicted molar refractivity (Wildman–Crippen MR) is 81.7 cm³/mol. The smallest absolute Gasteiger partial charge is 0.115 e. The Kier molecular flexibility index (Phi) is 4.03. The fourth-order valence-corrected chi connectivity index (χ4v) is 2.72. The summed E-state index contributed by atoms with van der Waals surface area (Å²) in [5.74, 6) is 1.15. The molecule has 2 aromatic carbocycles. The quantitative estimate of drug-likeness (QED) is 0.862. The Morgan fingerprint density at radius 3 is 2.20 bits per heavy atom. The lowest BCUT2D eigenvalue weighted by atomic mass is 9.85. The lowest BCUT2D eigenvalue weighted by Crippen LogP contribution is -2.31. The van der Waals surface area contributed by atoms with E-state index < -0.39 is 0 Å². The lowest BCUT2D eigenvalue weighted by Gasteiger charge is -2.29. The number of phenolic OH excluding ortho intramolecular Hbond substituents is 1. The van der Waals surface area contributed by atoms with Crippen molar-refractivity contribution in [3.8, 4) is 5.75 Å². The summed E-state index contributed by atoms with van der Waals surface area (Å²) in [6, 6.07) is 18.2. The van der Waals surface area contributed by atoms with Gasteiger partial charge in [-0.25, -0.2) is 0 Å². The number of aromatic hydroxyl groups is 1. The molecule has 0 radical (unpaired) electrons. The number of benzene rings is 2. The minimum Gasteiger partial charge on any atom is -0.508 e. The molecular weight excluding hydrogens is 246 g/mol. The predicted octanol–water partition coefficient (Wildman–Crippen LogP) is 3.87. The number of hydrogen-bond donors (Lipinski definition) is 2. The fourth-order valence-electron chi connectivity index (χ4n) is 2.72. The average molecular weight is 267 g/mol. The van der Waals surface area contributed by atoms with Crippen LogP contribution in [-0.4, -0.2) is 11.7 Å². The largest absolute Gasteiger partial charge is 0.508 e. The highest BCUT2D eigenvalue weighted by Gasteiger charge is 2.20. The van der Waals surface area contributed by atoms with Crippen LogP contribution in [0.5, 0.6) is 5.75 Å². The maximum Gasteiger partial charge on any atom is 0.115 e. The summed E-state index contributed by atoms with van der Waals surface area (Å²) in [6.45, 7) is 1.07. The van der Waals surface area contributed by atoms with E-state index in [2.05, 4.69) is 29.6 Å². The van der Waals surface area contributed by atoms with E-state index in [9.17, 15) is 5.11 Å². The van der Waals surface area contributed by atoms with E-state index in [1.807, 2.05) is 18.2 Å². The first-order valence-electron chi connectivity index (χ1n) is 7.40. The van der Waals surface area contributed by atoms with Gasteiger partial charge in [0.15, 0.2) is 0 Å². The van der Waals surface area contributed by atoms with Gasteiger partial charge in [-0.2, -0.15) is 0 Å². The highest BCUT2D eigenvalue weighted by Crippen LogP contribution is 2.28. The minimum atomic E-state index is 0.206. The van der Waals surface area contributed by atoms with Crippen LogP contribution in [0.2, 0.25) is 0 Å². The Bertz CT molecular complexity index is 531. The summed E-state index contributed by atoms with van der Waals surface area (Å²) in [6.07, 6.45) is 4.08.